The fourth-order valence-electron chi connectivity index (χ4n) is 2.84. The summed E-state index contributed by atoms with van der Waals surface area (Å²) < 4.78 is 0. The highest BCUT2D eigenvalue weighted by Crippen LogP contribution is 2.37. The second kappa shape index (κ2) is 5.89. The monoisotopic (exact) mass is 279 g/mol. The maximum Gasteiger partial charge on any atom is 0.0263 e. The number of nitrogens with zero attached hydrogens (tertiary/aromatic N) is 1. The van der Waals surface area contributed by atoms with Gasteiger partial charge in [-0.25, -0.2) is 0 Å². The van der Waals surface area contributed by atoms with Crippen LogP contribution in [0, 0.1) is 0 Å². The van der Waals surface area contributed by atoms with Gasteiger partial charge in [0.2, 0.25) is 0 Å². The predicted molar refractivity (Wildman–Crippen MR) is 82.8 cm³/mol. The second-order valence-electron chi connectivity index (χ2n) is 5.21. The lowest BCUT2D eigenvalue weighted by atomic mass is 10.1. The molecule has 1 aromatic carbocycles. The fraction of sp³-hybridized carbons (Fsp3) is 0.600. The van der Waals surface area contributed by atoms with Crippen molar-refractivity contribution in [2.75, 3.05) is 25.4 Å². The molecular formula is C15H21NS2. The van der Waals surface area contributed by atoms with Crippen LogP contribution in [0.1, 0.15) is 18.9 Å². The average Bonchev–Trinajstić information content (AvgIpc) is 2.81. The molecule has 0 saturated carbocycles. The molecule has 3 heteroatoms. The van der Waals surface area contributed by atoms with Gasteiger partial charge in [-0.2, -0.15) is 11.8 Å². The van der Waals surface area contributed by atoms with Gasteiger partial charge < -0.3 is 4.90 Å². The molecule has 2 atom stereocenters. The van der Waals surface area contributed by atoms with Crippen molar-refractivity contribution in [3.05, 3.63) is 29.8 Å². The zero-order valence-corrected chi connectivity index (χ0v) is 12.6. The van der Waals surface area contributed by atoms with Crippen molar-refractivity contribution in [2.24, 2.45) is 0 Å². The molecule has 2 unspecified atom stereocenters. The van der Waals surface area contributed by atoms with Crippen LogP contribution < -0.4 is 0 Å². The molecule has 1 saturated heterocycles. The van der Waals surface area contributed by atoms with Crippen LogP contribution in [-0.2, 0) is 6.42 Å². The molecule has 2 heterocycles. The standard InChI is InChI=1S/C15H21NS2/c1-2-13-10-16(7-8-17-13)11-14-9-12-5-3-4-6-15(12)18-14/h3-6,13-14H,2,7-11H2,1H3. The summed E-state index contributed by atoms with van der Waals surface area (Å²) in [6.45, 7) is 6.18. The number of thioether (sulfide) groups is 2. The third-order valence-corrected chi connectivity index (χ3v) is 6.53. The van der Waals surface area contributed by atoms with Crippen molar-refractivity contribution in [3.8, 4) is 0 Å². The van der Waals surface area contributed by atoms with Crippen molar-refractivity contribution < 1.29 is 0 Å². The lowest BCUT2D eigenvalue weighted by Crippen LogP contribution is -2.41. The maximum absolute atomic E-state index is 2.69. The lowest BCUT2D eigenvalue weighted by Gasteiger charge is -2.33. The normalized spacial score (nSPS) is 28.3. The van der Waals surface area contributed by atoms with E-state index in [-0.39, 0.29) is 0 Å². The summed E-state index contributed by atoms with van der Waals surface area (Å²) >= 11 is 4.25. The molecule has 1 aromatic rings. The summed E-state index contributed by atoms with van der Waals surface area (Å²) in [5.41, 5.74) is 1.56. The van der Waals surface area contributed by atoms with E-state index in [1.165, 1.54) is 43.1 Å². The van der Waals surface area contributed by atoms with Crippen LogP contribution in [0.15, 0.2) is 29.2 Å². The second-order valence-corrected chi connectivity index (χ2v) is 7.96. The van der Waals surface area contributed by atoms with E-state index < -0.39 is 0 Å². The minimum absolute atomic E-state index is 0.781. The highest BCUT2D eigenvalue weighted by Gasteiger charge is 2.26. The summed E-state index contributed by atoms with van der Waals surface area (Å²) in [6.07, 6.45) is 2.58. The molecule has 2 aliphatic heterocycles. The van der Waals surface area contributed by atoms with E-state index in [1.54, 1.807) is 5.56 Å². The van der Waals surface area contributed by atoms with Gasteiger partial charge in [-0.05, 0) is 24.5 Å². The van der Waals surface area contributed by atoms with Gasteiger partial charge in [0.1, 0.15) is 0 Å². The lowest BCUT2D eigenvalue weighted by molar-refractivity contribution is 0.282. The smallest absolute Gasteiger partial charge is 0.0263 e. The fourth-order valence-corrected chi connectivity index (χ4v) is 5.45. The Bertz CT molecular complexity index is 382. The van der Waals surface area contributed by atoms with Gasteiger partial charge in [0.15, 0.2) is 0 Å². The Hall–Kier alpha value is -0.120. The first-order valence-electron chi connectivity index (χ1n) is 6.93. The SMILES string of the molecule is CCC1CN(CC2Cc3ccccc3S2)CCS1. The van der Waals surface area contributed by atoms with Gasteiger partial charge in [-0.3, -0.25) is 0 Å². The van der Waals surface area contributed by atoms with Crippen molar-refractivity contribution >= 4 is 23.5 Å². The molecule has 0 bridgehead atoms. The van der Waals surface area contributed by atoms with Gasteiger partial charge in [0, 0.05) is 40.8 Å². The molecule has 2 aliphatic rings. The Kier molecular flexibility index (Phi) is 4.22. The highest BCUT2D eigenvalue weighted by atomic mass is 32.2. The van der Waals surface area contributed by atoms with Crippen molar-refractivity contribution in [3.63, 3.8) is 0 Å². The zero-order chi connectivity index (χ0) is 12.4. The van der Waals surface area contributed by atoms with Gasteiger partial charge in [0.25, 0.3) is 0 Å². The summed E-state index contributed by atoms with van der Waals surface area (Å²) in [4.78, 5) is 4.20. The number of benzene rings is 1. The van der Waals surface area contributed by atoms with Crippen LogP contribution in [-0.4, -0.2) is 40.8 Å². The molecule has 18 heavy (non-hydrogen) atoms. The summed E-state index contributed by atoms with van der Waals surface area (Å²) in [5.74, 6) is 1.32. The molecule has 0 spiro atoms. The number of hydrogen-bond acceptors (Lipinski definition) is 3. The number of rotatable bonds is 3. The van der Waals surface area contributed by atoms with Crippen LogP contribution in [0.5, 0.6) is 0 Å². The van der Waals surface area contributed by atoms with Gasteiger partial charge >= 0.3 is 0 Å². The first-order valence-corrected chi connectivity index (χ1v) is 8.86. The van der Waals surface area contributed by atoms with Crippen LogP contribution >= 0.6 is 23.5 Å². The Labute approximate surface area is 119 Å². The van der Waals surface area contributed by atoms with Crippen LogP contribution in [0.25, 0.3) is 0 Å². The number of hydrogen-bond donors (Lipinski definition) is 0. The first-order chi connectivity index (χ1) is 8.85. The van der Waals surface area contributed by atoms with E-state index in [2.05, 4.69) is 59.6 Å². The molecule has 98 valence electrons. The molecule has 0 aromatic heterocycles. The summed E-state index contributed by atoms with van der Waals surface area (Å²) in [5, 5.41) is 1.65. The minimum Gasteiger partial charge on any atom is -0.300 e. The maximum atomic E-state index is 2.69. The average molecular weight is 279 g/mol. The van der Waals surface area contributed by atoms with E-state index in [0.717, 1.165) is 10.5 Å². The molecule has 1 fully saturated rings. The third-order valence-electron chi connectivity index (χ3n) is 3.85. The Morgan fingerprint density at radius 3 is 3.00 bits per heavy atom. The van der Waals surface area contributed by atoms with E-state index in [4.69, 9.17) is 0 Å². The first kappa shape index (κ1) is 12.9. The van der Waals surface area contributed by atoms with Crippen molar-refractivity contribution in [1.29, 1.82) is 0 Å². The van der Waals surface area contributed by atoms with E-state index >= 15 is 0 Å². The molecule has 0 N–H and O–H groups in total. The van der Waals surface area contributed by atoms with Crippen LogP contribution in [0.2, 0.25) is 0 Å². The summed E-state index contributed by atoms with van der Waals surface area (Å²) in [7, 11) is 0. The summed E-state index contributed by atoms with van der Waals surface area (Å²) in [6, 6.07) is 8.91. The van der Waals surface area contributed by atoms with Crippen LogP contribution in [0.3, 0.4) is 0 Å². The van der Waals surface area contributed by atoms with E-state index in [0.29, 0.717) is 0 Å². The zero-order valence-electron chi connectivity index (χ0n) is 11.0. The van der Waals surface area contributed by atoms with E-state index in [9.17, 15) is 0 Å². The van der Waals surface area contributed by atoms with Gasteiger partial charge in [0.05, 0.1) is 0 Å². The van der Waals surface area contributed by atoms with Gasteiger partial charge in [-0.15, -0.1) is 11.8 Å². The Balaban J connectivity index is 1.56. The molecular weight excluding hydrogens is 258 g/mol. The van der Waals surface area contributed by atoms with Crippen molar-refractivity contribution in [1.82, 2.24) is 4.90 Å². The molecule has 0 aliphatic carbocycles. The molecule has 0 radical (unpaired) electrons. The molecule has 1 nitrogen and oxygen atoms in total. The Morgan fingerprint density at radius 1 is 1.28 bits per heavy atom. The third kappa shape index (κ3) is 2.89. The molecule has 0 amide bonds. The number of fused-ring (bicyclic) bond motifs is 1. The van der Waals surface area contributed by atoms with Gasteiger partial charge in [-0.1, -0.05) is 25.1 Å². The van der Waals surface area contributed by atoms with E-state index in [1.807, 2.05) is 0 Å². The highest BCUT2D eigenvalue weighted by molar-refractivity contribution is 8.00. The van der Waals surface area contributed by atoms with Crippen LogP contribution in [0.4, 0.5) is 0 Å². The Morgan fingerprint density at radius 2 is 2.17 bits per heavy atom. The quantitative estimate of drug-likeness (QED) is 0.833. The molecule has 3 rings (SSSR count). The minimum atomic E-state index is 0.781. The van der Waals surface area contributed by atoms with Crippen molar-refractivity contribution in [2.45, 2.75) is 35.2 Å². The largest absolute Gasteiger partial charge is 0.300 e. The predicted octanol–water partition coefficient (Wildman–Crippen LogP) is 3.53. The topological polar surface area (TPSA) is 3.24 Å².